The lowest BCUT2D eigenvalue weighted by Gasteiger charge is -1.82. The van der Waals surface area contributed by atoms with Crippen molar-refractivity contribution >= 4 is 23.4 Å². The van der Waals surface area contributed by atoms with E-state index in [4.69, 9.17) is 0 Å². The first-order valence-electron chi connectivity index (χ1n) is 1.43. The summed E-state index contributed by atoms with van der Waals surface area (Å²) < 4.78 is 22.9. The molecule has 0 unspecified atom stereocenters. The van der Waals surface area contributed by atoms with Crippen molar-refractivity contribution in [3.8, 4) is 0 Å². The minimum Gasteiger partial charge on any atom is -0.195 e. The van der Waals surface area contributed by atoms with E-state index in [2.05, 4.69) is 11.6 Å². The molecule has 0 aromatic carbocycles. The van der Waals surface area contributed by atoms with E-state index < -0.39 is 10.4 Å². The third kappa shape index (κ3) is 2.88. The molecule has 0 N–H and O–H groups in total. The molecule has 0 saturated heterocycles. The topological polar surface area (TPSA) is 0 Å². The summed E-state index contributed by atoms with van der Waals surface area (Å²) in [4.78, 5) is 0. The maximum Gasteiger partial charge on any atom is 0.231 e. The van der Waals surface area contributed by atoms with E-state index in [9.17, 15) is 8.78 Å². The summed E-state index contributed by atoms with van der Waals surface area (Å²) in [6.45, 7) is 0. The second-order valence-electron chi connectivity index (χ2n) is 0.738. The Balaban J connectivity index is 3.72. The molecule has 0 nitrogen and oxygen atoms in total. The molecule has 0 spiro atoms. The highest BCUT2D eigenvalue weighted by molar-refractivity contribution is 8.02. The van der Waals surface area contributed by atoms with Crippen LogP contribution in [-0.4, -0.2) is 6.26 Å². The van der Waals surface area contributed by atoms with E-state index >= 15 is 0 Å². The van der Waals surface area contributed by atoms with Gasteiger partial charge in [-0.05, 0) is 17.9 Å². The predicted molar refractivity (Wildman–Crippen MR) is 28.6 cm³/mol. The Morgan fingerprint density at radius 2 is 2.00 bits per heavy atom. The molecule has 0 saturated carbocycles. The molecule has 0 aliphatic carbocycles. The summed E-state index contributed by atoms with van der Waals surface area (Å²) >= 11 is 5.18. The van der Waals surface area contributed by atoms with Crippen LogP contribution in [0, 0.1) is 0 Å². The van der Waals surface area contributed by atoms with Crippen molar-refractivity contribution in [2.24, 2.45) is 0 Å². The van der Waals surface area contributed by atoms with E-state index in [1.165, 1.54) is 6.26 Å². The van der Waals surface area contributed by atoms with Gasteiger partial charge >= 0.3 is 0 Å². The number of hydrogen-bond acceptors (Lipinski definition) is 1. The molecule has 0 amide bonds. The zero-order valence-corrected chi connectivity index (χ0v) is 5.11. The molecular weight excluding hydrogens is 142 g/mol. The van der Waals surface area contributed by atoms with Crippen molar-refractivity contribution in [1.82, 2.24) is 0 Å². The van der Waals surface area contributed by atoms with Crippen LogP contribution in [0.3, 0.4) is 0 Å². The third-order valence-electron chi connectivity index (χ3n) is 0.328. The van der Waals surface area contributed by atoms with Gasteiger partial charge in [0.1, 0.15) is 0 Å². The van der Waals surface area contributed by atoms with Crippen LogP contribution in [0.15, 0.2) is 10.4 Å². The van der Waals surface area contributed by atoms with Crippen LogP contribution in [0.2, 0.25) is 0 Å². The molecular formula is C3H3ClF2S. The van der Waals surface area contributed by atoms with Gasteiger partial charge in [0.15, 0.2) is 0 Å². The van der Waals surface area contributed by atoms with Crippen molar-refractivity contribution in [1.29, 1.82) is 0 Å². The third-order valence-corrected chi connectivity index (χ3v) is 1.14. The average molecular weight is 145 g/mol. The number of hydrogen-bond donors (Lipinski definition) is 0. The zero-order valence-electron chi connectivity index (χ0n) is 3.54. The van der Waals surface area contributed by atoms with Crippen LogP contribution < -0.4 is 0 Å². The summed E-state index contributed by atoms with van der Waals surface area (Å²) in [5, 5.41) is -2.24. The molecule has 0 heterocycles. The molecule has 0 rings (SSSR count). The SMILES string of the molecule is CS/C(F)=C(\F)Cl. The second kappa shape index (κ2) is 3.27. The average Bonchev–Trinajstić information content (AvgIpc) is 1.65. The first-order chi connectivity index (χ1) is 3.18. The number of thioether (sulfide) groups is 1. The van der Waals surface area contributed by atoms with Crippen LogP contribution >= 0.6 is 23.4 Å². The largest absolute Gasteiger partial charge is 0.231 e. The Hall–Kier alpha value is 0.240. The maximum atomic E-state index is 11.6. The number of rotatable bonds is 1. The fourth-order valence-corrected chi connectivity index (χ4v) is 0.463. The summed E-state index contributed by atoms with van der Waals surface area (Å²) in [6.07, 6.45) is 1.40. The summed E-state index contributed by atoms with van der Waals surface area (Å²) in [7, 11) is 0. The van der Waals surface area contributed by atoms with Gasteiger partial charge < -0.3 is 0 Å². The van der Waals surface area contributed by atoms with Gasteiger partial charge in [-0.15, -0.1) is 0 Å². The highest BCUT2D eigenvalue weighted by atomic mass is 35.5. The fourth-order valence-electron chi connectivity index (χ4n) is 0.0772. The van der Waals surface area contributed by atoms with Gasteiger partial charge in [0.25, 0.3) is 0 Å². The second-order valence-corrected chi connectivity index (χ2v) is 1.84. The van der Waals surface area contributed by atoms with Crippen molar-refractivity contribution in [3.63, 3.8) is 0 Å². The standard InChI is InChI=1S/C3H3ClF2S/c1-7-3(6)2(4)5/h1H3/b3-2-. The molecule has 0 aromatic rings. The Morgan fingerprint density at radius 3 is 2.00 bits per heavy atom. The van der Waals surface area contributed by atoms with Gasteiger partial charge in [0, 0.05) is 0 Å². The van der Waals surface area contributed by atoms with Gasteiger partial charge in [-0.25, -0.2) is 0 Å². The van der Waals surface area contributed by atoms with Gasteiger partial charge in [-0.2, -0.15) is 8.78 Å². The monoisotopic (exact) mass is 144 g/mol. The van der Waals surface area contributed by atoms with Crippen LogP contribution in [0.25, 0.3) is 0 Å². The molecule has 4 heteroatoms. The maximum absolute atomic E-state index is 11.6. The van der Waals surface area contributed by atoms with E-state index in [0.717, 1.165) is 0 Å². The summed E-state index contributed by atoms with van der Waals surface area (Å²) in [5.41, 5.74) is 0. The van der Waals surface area contributed by atoms with Crippen molar-refractivity contribution < 1.29 is 8.78 Å². The Morgan fingerprint density at radius 1 is 1.57 bits per heavy atom. The minimum absolute atomic E-state index is 0.639. The molecule has 0 bridgehead atoms. The highest BCUT2D eigenvalue weighted by Crippen LogP contribution is 2.21. The summed E-state index contributed by atoms with van der Waals surface area (Å²) in [6, 6.07) is 0. The quantitative estimate of drug-likeness (QED) is 0.545. The van der Waals surface area contributed by atoms with Crippen molar-refractivity contribution in [3.05, 3.63) is 10.4 Å². The van der Waals surface area contributed by atoms with Gasteiger partial charge in [-0.1, -0.05) is 11.8 Å². The molecule has 42 valence electrons. The minimum atomic E-state index is -1.27. The van der Waals surface area contributed by atoms with Crippen molar-refractivity contribution in [2.75, 3.05) is 6.26 Å². The molecule has 0 aliphatic rings. The zero-order chi connectivity index (χ0) is 5.86. The smallest absolute Gasteiger partial charge is 0.195 e. The highest BCUT2D eigenvalue weighted by Gasteiger charge is 1.97. The van der Waals surface area contributed by atoms with E-state index in [0.29, 0.717) is 11.8 Å². The van der Waals surface area contributed by atoms with Crippen molar-refractivity contribution in [2.45, 2.75) is 0 Å². The first-order valence-corrected chi connectivity index (χ1v) is 3.03. The molecule has 0 aromatic heterocycles. The number of halogens is 3. The first kappa shape index (κ1) is 7.24. The Labute approximate surface area is 49.5 Å². The fraction of sp³-hybridized carbons (Fsp3) is 0.333. The van der Waals surface area contributed by atoms with E-state index in [1.807, 2.05) is 0 Å². The molecule has 0 fully saturated rings. The lowest BCUT2D eigenvalue weighted by Crippen LogP contribution is -1.60. The predicted octanol–water partition coefficient (Wildman–Crippen LogP) is 2.65. The van der Waals surface area contributed by atoms with Gasteiger partial charge in [-0.3, -0.25) is 0 Å². The van der Waals surface area contributed by atoms with Crippen LogP contribution in [0.5, 0.6) is 0 Å². The van der Waals surface area contributed by atoms with Gasteiger partial charge in [0.2, 0.25) is 10.4 Å². The Bertz CT molecular complexity index is 86.9. The van der Waals surface area contributed by atoms with Crippen LogP contribution in [0.4, 0.5) is 8.78 Å². The van der Waals surface area contributed by atoms with Gasteiger partial charge in [0.05, 0.1) is 0 Å². The molecule has 7 heavy (non-hydrogen) atoms. The molecule has 0 radical (unpaired) electrons. The van der Waals surface area contributed by atoms with Crippen LogP contribution in [0.1, 0.15) is 0 Å². The van der Waals surface area contributed by atoms with E-state index in [1.54, 1.807) is 0 Å². The molecule has 0 atom stereocenters. The lowest BCUT2D eigenvalue weighted by molar-refractivity contribution is 0.613. The Kier molecular flexibility index (Phi) is 3.38. The lowest BCUT2D eigenvalue weighted by atomic mass is 11.1. The molecule has 0 aliphatic heterocycles. The normalized spacial score (nSPS) is 13.7. The van der Waals surface area contributed by atoms with Crippen LogP contribution in [-0.2, 0) is 0 Å². The summed E-state index contributed by atoms with van der Waals surface area (Å²) in [5.74, 6) is 0. The van der Waals surface area contributed by atoms with E-state index in [-0.39, 0.29) is 0 Å².